The van der Waals surface area contributed by atoms with Gasteiger partial charge in [-0.15, -0.1) is 0 Å². The molecule has 0 aliphatic carbocycles. The van der Waals surface area contributed by atoms with Gasteiger partial charge < -0.3 is 10.6 Å². The third-order valence-electron chi connectivity index (χ3n) is 2.65. The van der Waals surface area contributed by atoms with Crippen LogP contribution < -0.4 is 10.6 Å². The molecule has 0 atom stereocenters. The third kappa shape index (κ3) is 5.54. The minimum absolute atomic E-state index is 0.0806. The Hall–Kier alpha value is -1.66. The molecule has 0 fully saturated rings. The normalized spacial score (nSPS) is 10.3. The van der Waals surface area contributed by atoms with E-state index in [4.69, 9.17) is 11.6 Å². The zero-order valence-electron chi connectivity index (χ0n) is 11.3. The molecule has 0 aliphatic heterocycles. The highest BCUT2D eigenvalue weighted by molar-refractivity contribution is 6.31. The lowest BCUT2D eigenvalue weighted by atomic mass is 10.1. The van der Waals surface area contributed by atoms with E-state index in [1.54, 1.807) is 0 Å². The quantitative estimate of drug-likeness (QED) is 0.436. The highest BCUT2D eigenvalue weighted by atomic mass is 35.5. The van der Waals surface area contributed by atoms with Crippen LogP contribution in [0.5, 0.6) is 0 Å². The molecule has 1 amide bonds. The first-order chi connectivity index (χ1) is 9.54. The number of amides is 1. The molecule has 1 aromatic rings. The average Bonchev–Trinajstić information content (AvgIpc) is 2.40. The van der Waals surface area contributed by atoms with Crippen LogP contribution in [0.25, 0.3) is 0 Å². The van der Waals surface area contributed by atoms with E-state index in [0.717, 1.165) is 13.0 Å². The number of benzene rings is 1. The van der Waals surface area contributed by atoms with Crippen molar-refractivity contribution >= 4 is 23.2 Å². The third-order valence-corrected chi connectivity index (χ3v) is 3.00. The monoisotopic (exact) mass is 299 g/mol. The number of nitro benzene ring substituents is 1. The maximum Gasteiger partial charge on any atom is 0.270 e. The molecule has 0 unspecified atom stereocenters. The number of hydrogen-bond donors (Lipinski definition) is 2. The lowest BCUT2D eigenvalue weighted by molar-refractivity contribution is -0.384. The first-order valence-corrected chi connectivity index (χ1v) is 6.82. The number of hydrogen-bond acceptors (Lipinski definition) is 4. The van der Waals surface area contributed by atoms with Crippen molar-refractivity contribution in [1.82, 2.24) is 10.6 Å². The zero-order valence-corrected chi connectivity index (χ0v) is 12.1. The van der Waals surface area contributed by atoms with Crippen LogP contribution >= 0.6 is 11.6 Å². The second-order valence-electron chi connectivity index (χ2n) is 4.31. The van der Waals surface area contributed by atoms with Crippen LogP contribution in [0.1, 0.15) is 18.9 Å². The first-order valence-electron chi connectivity index (χ1n) is 6.44. The van der Waals surface area contributed by atoms with Crippen LogP contribution in [-0.2, 0) is 11.2 Å². The topological polar surface area (TPSA) is 84.3 Å². The number of carbonyl (C=O) groups is 1. The molecule has 7 heteroatoms. The molecule has 1 rings (SSSR count). The summed E-state index contributed by atoms with van der Waals surface area (Å²) in [6.45, 7) is 4.25. The van der Waals surface area contributed by atoms with Gasteiger partial charge in [-0.1, -0.05) is 24.6 Å². The molecule has 20 heavy (non-hydrogen) atoms. The molecular formula is C13H18ClN3O3. The van der Waals surface area contributed by atoms with E-state index in [9.17, 15) is 14.9 Å². The van der Waals surface area contributed by atoms with E-state index >= 15 is 0 Å². The highest BCUT2D eigenvalue weighted by Gasteiger charge is 2.11. The lowest BCUT2D eigenvalue weighted by Gasteiger charge is -2.07. The van der Waals surface area contributed by atoms with Gasteiger partial charge in [0.05, 0.1) is 16.4 Å². The summed E-state index contributed by atoms with van der Waals surface area (Å²) in [5, 5.41) is 16.7. The van der Waals surface area contributed by atoms with Crippen LogP contribution in [0, 0.1) is 10.1 Å². The number of halogens is 1. The maximum atomic E-state index is 11.7. The molecule has 0 saturated heterocycles. The van der Waals surface area contributed by atoms with Crippen molar-refractivity contribution in [2.45, 2.75) is 19.8 Å². The fourth-order valence-electron chi connectivity index (χ4n) is 1.62. The van der Waals surface area contributed by atoms with E-state index in [1.165, 1.54) is 18.2 Å². The molecule has 0 bridgehead atoms. The number of rotatable bonds is 8. The summed E-state index contributed by atoms with van der Waals surface area (Å²) in [5.74, 6) is -0.154. The molecule has 0 aromatic heterocycles. The van der Waals surface area contributed by atoms with Gasteiger partial charge in [0.1, 0.15) is 0 Å². The SMILES string of the molecule is CCCNCCNC(=O)Cc1ccc([N+](=O)[O-])cc1Cl. The second-order valence-corrected chi connectivity index (χ2v) is 4.72. The maximum absolute atomic E-state index is 11.7. The van der Waals surface area contributed by atoms with Gasteiger partial charge >= 0.3 is 0 Å². The largest absolute Gasteiger partial charge is 0.355 e. The summed E-state index contributed by atoms with van der Waals surface area (Å²) in [5.41, 5.74) is 0.499. The fourth-order valence-corrected chi connectivity index (χ4v) is 1.86. The van der Waals surface area contributed by atoms with Gasteiger partial charge in [0, 0.05) is 25.2 Å². The number of nitrogens with zero attached hydrogens (tertiary/aromatic N) is 1. The molecule has 0 spiro atoms. The van der Waals surface area contributed by atoms with Crippen LogP contribution in [0.3, 0.4) is 0 Å². The minimum Gasteiger partial charge on any atom is -0.355 e. The molecule has 0 aliphatic rings. The van der Waals surface area contributed by atoms with E-state index in [0.29, 0.717) is 18.7 Å². The van der Waals surface area contributed by atoms with Gasteiger partial charge in [0.2, 0.25) is 5.91 Å². The van der Waals surface area contributed by atoms with Crippen molar-refractivity contribution < 1.29 is 9.72 Å². The summed E-state index contributed by atoms with van der Waals surface area (Å²) in [7, 11) is 0. The van der Waals surface area contributed by atoms with E-state index in [1.807, 2.05) is 0 Å². The zero-order chi connectivity index (χ0) is 15.0. The summed E-state index contributed by atoms with van der Waals surface area (Å²) >= 11 is 5.92. The van der Waals surface area contributed by atoms with E-state index < -0.39 is 4.92 Å². The first kappa shape index (κ1) is 16.4. The molecular weight excluding hydrogens is 282 g/mol. The molecule has 2 N–H and O–H groups in total. The van der Waals surface area contributed by atoms with Crippen molar-refractivity contribution in [1.29, 1.82) is 0 Å². The van der Waals surface area contributed by atoms with Crippen LogP contribution in [0.4, 0.5) is 5.69 Å². The fraction of sp³-hybridized carbons (Fsp3) is 0.462. The Morgan fingerprint density at radius 1 is 1.35 bits per heavy atom. The number of non-ortho nitro benzene ring substituents is 1. The van der Waals surface area contributed by atoms with E-state index in [2.05, 4.69) is 17.6 Å². The average molecular weight is 300 g/mol. The number of nitrogens with one attached hydrogen (secondary N) is 2. The predicted molar refractivity (Wildman–Crippen MR) is 78.0 cm³/mol. The van der Waals surface area contributed by atoms with Crippen molar-refractivity contribution in [2.24, 2.45) is 0 Å². The Morgan fingerprint density at radius 2 is 2.10 bits per heavy atom. The highest BCUT2D eigenvalue weighted by Crippen LogP contribution is 2.22. The van der Waals surface area contributed by atoms with Gasteiger partial charge in [-0.25, -0.2) is 0 Å². The Morgan fingerprint density at radius 3 is 2.70 bits per heavy atom. The summed E-state index contributed by atoms with van der Waals surface area (Å²) in [6.07, 6.45) is 1.16. The van der Waals surface area contributed by atoms with E-state index in [-0.39, 0.29) is 23.0 Å². The Bertz CT molecular complexity index is 480. The van der Waals surface area contributed by atoms with Crippen molar-refractivity contribution in [3.05, 3.63) is 38.9 Å². The predicted octanol–water partition coefficient (Wildman–Crippen LogP) is 1.91. The number of nitro groups is 1. The van der Waals surface area contributed by atoms with Gasteiger partial charge in [-0.2, -0.15) is 0 Å². The molecule has 0 heterocycles. The van der Waals surface area contributed by atoms with Crippen LogP contribution in [-0.4, -0.2) is 30.5 Å². The van der Waals surface area contributed by atoms with Crippen molar-refractivity contribution in [2.75, 3.05) is 19.6 Å². The molecule has 0 radical (unpaired) electrons. The summed E-state index contributed by atoms with van der Waals surface area (Å²) < 4.78 is 0. The molecule has 0 saturated carbocycles. The standard InChI is InChI=1S/C13H18ClN3O3/c1-2-5-15-6-7-16-13(18)8-10-3-4-11(17(19)20)9-12(10)14/h3-4,9,15H,2,5-8H2,1H3,(H,16,18). The van der Waals surface area contributed by atoms with Gasteiger partial charge in [0.15, 0.2) is 0 Å². The smallest absolute Gasteiger partial charge is 0.270 e. The molecule has 1 aromatic carbocycles. The van der Waals surface area contributed by atoms with Gasteiger partial charge in [-0.05, 0) is 18.5 Å². The van der Waals surface area contributed by atoms with Crippen molar-refractivity contribution in [3.63, 3.8) is 0 Å². The Kier molecular flexibility index (Phi) is 6.97. The summed E-state index contributed by atoms with van der Waals surface area (Å²) in [6, 6.07) is 4.11. The van der Waals surface area contributed by atoms with Gasteiger partial charge in [0.25, 0.3) is 5.69 Å². The molecule has 110 valence electrons. The second kappa shape index (κ2) is 8.50. The van der Waals surface area contributed by atoms with Gasteiger partial charge in [-0.3, -0.25) is 14.9 Å². The Labute approximate surface area is 122 Å². The minimum atomic E-state index is -0.519. The van der Waals surface area contributed by atoms with Crippen LogP contribution in [0.2, 0.25) is 5.02 Å². The summed E-state index contributed by atoms with van der Waals surface area (Å²) in [4.78, 5) is 21.7. The van der Waals surface area contributed by atoms with Crippen molar-refractivity contribution in [3.8, 4) is 0 Å². The van der Waals surface area contributed by atoms with Crippen LogP contribution in [0.15, 0.2) is 18.2 Å². The lowest BCUT2D eigenvalue weighted by Crippen LogP contribution is -2.33. The molecule has 6 nitrogen and oxygen atoms in total. The Balaban J connectivity index is 2.44. The number of carbonyl (C=O) groups excluding carboxylic acids is 1.